The summed E-state index contributed by atoms with van der Waals surface area (Å²) in [6, 6.07) is 13.6. The van der Waals surface area contributed by atoms with Gasteiger partial charge in [0.2, 0.25) is 0 Å². The first-order valence-corrected chi connectivity index (χ1v) is 6.61. The molecule has 1 aromatic heterocycles. The molecule has 0 bridgehead atoms. The number of anilines is 1. The van der Waals surface area contributed by atoms with Gasteiger partial charge in [0.15, 0.2) is 5.58 Å². The zero-order valence-electron chi connectivity index (χ0n) is 9.94. The van der Waals surface area contributed by atoms with E-state index in [1.165, 1.54) is 5.56 Å². The van der Waals surface area contributed by atoms with Crippen LogP contribution in [0, 0.1) is 0 Å². The molecular weight excluding hydrogens is 308 g/mol. The van der Waals surface area contributed by atoms with Gasteiger partial charge in [-0.1, -0.05) is 28.1 Å². The van der Waals surface area contributed by atoms with Crippen molar-refractivity contribution in [2.24, 2.45) is 0 Å². The Balaban J connectivity index is 1.79. The lowest BCUT2D eigenvalue weighted by atomic mass is 10.2. The first kappa shape index (κ1) is 12.0. The first-order valence-electron chi connectivity index (χ1n) is 5.82. The minimum absolute atomic E-state index is 0.431. The Morgan fingerprint density at radius 2 is 2.11 bits per heavy atom. The number of oxazole rings is 1. The van der Waals surface area contributed by atoms with Crippen molar-refractivity contribution in [3.05, 3.63) is 63.1 Å². The average Bonchev–Trinajstić information content (AvgIpc) is 2.75. The van der Waals surface area contributed by atoms with Crippen molar-refractivity contribution in [1.82, 2.24) is 4.98 Å². The van der Waals surface area contributed by atoms with Crippen LogP contribution >= 0.6 is 15.9 Å². The summed E-state index contributed by atoms with van der Waals surface area (Å²) in [5.41, 5.74) is 3.38. The number of aromatic amines is 1. The lowest BCUT2D eigenvalue weighted by molar-refractivity contribution is 0.555. The van der Waals surface area contributed by atoms with E-state index >= 15 is 0 Å². The van der Waals surface area contributed by atoms with Crippen molar-refractivity contribution in [2.75, 3.05) is 5.32 Å². The fourth-order valence-corrected chi connectivity index (χ4v) is 2.36. The first-order chi connectivity index (χ1) is 9.20. The van der Waals surface area contributed by atoms with Gasteiger partial charge in [-0.2, -0.15) is 0 Å². The molecule has 0 spiro atoms. The van der Waals surface area contributed by atoms with E-state index in [1.54, 1.807) is 6.07 Å². The highest BCUT2D eigenvalue weighted by molar-refractivity contribution is 9.10. The van der Waals surface area contributed by atoms with Crippen LogP contribution in [0.3, 0.4) is 0 Å². The van der Waals surface area contributed by atoms with Crippen LogP contribution in [-0.2, 0) is 6.54 Å². The van der Waals surface area contributed by atoms with Gasteiger partial charge in [0.1, 0.15) is 0 Å². The van der Waals surface area contributed by atoms with Gasteiger partial charge in [0.05, 0.1) is 5.52 Å². The number of rotatable bonds is 3. The quantitative estimate of drug-likeness (QED) is 0.777. The van der Waals surface area contributed by atoms with Crippen LogP contribution in [0.2, 0.25) is 0 Å². The van der Waals surface area contributed by atoms with E-state index in [-0.39, 0.29) is 0 Å². The zero-order valence-corrected chi connectivity index (χ0v) is 11.5. The highest BCUT2D eigenvalue weighted by Crippen LogP contribution is 2.18. The monoisotopic (exact) mass is 318 g/mol. The fraction of sp³-hybridized carbons (Fsp3) is 0.0714. The maximum atomic E-state index is 11.1. The molecule has 0 radical (unpaired) electrons. The Morgan fingerprint density at radius 3 is 2.95 bits per heavy atom. The molecule has 0 aliphatic carbocycles. The van der Waals surface area contributed by atoms with Crippen molar-refractivity contribution in [3.63, 3.8) is 0 Å². The molecule has 5 heteroatoms. The summed E-state index contributed by atoms with van der Waals surface area (Å²) < 4.78 is 6.01. The molecule has 0 saturated heterocycles. The van der Waals surface area contributed by atoms with Crippen molar-refractivity contribution < 1.29 is 4.42 Å². The number of fused-ring (bicyclic) bond motifs is 1. The summed E-state index contributed by atoms with van der Waals surface area (Å²) in [4.78, 5) is 13.7. The average molecular weight is 319 g/mol. The van der Waals surface area contributed by atoms with E-state index < -0.39 is 5.76 Å². The van der Waals surface area contributed by atoms with E-state index in [1.807, 2.05) is 24.3 Å². The SMILES string of the molecule is O=c1[nH]c2cc(NCc3cccc(Br)c3)ccc2o1. The summed E-state index contributed by atoms with van der Waals surface area (Å²) in [5.74, 6) is -0.431. The van der Waals surface area contributed by atoms with Crippen LogP contribution in [0.4, 0.5) is 5.69 Å². The second-order valence-corrected chi connectivity index (χ2v) is 5.12. The number of hydrogen-bond donors (Lipinski definition) is 2. The van der Waals surface area contributed by atoms with E-state index in [0.29, 0.717) is 17.6 Å². The van der Waals surface area contributed by atoms with E-state index in [2.05, 4.69) is 38.4 Å². The fourth-order valence-electron chi connectivity index (χ4n) is 1.91. The Bertz CT molecular complexity index is 776. The highest BCUT2D eigenvalue weighted by atomic mass is 79.9. The molecule has 0 fully saturated rings. The van der Waals surface area contributed by atoms with Gasteiger partial charge in [0.25, 0.3) is 0 Å². The van der Waals surface area contributed by atoms with Gasteiger partial charge in [0, 0.05) is 16.7 Å². The summed E-state index contributed by atoms with van der Waals surface area (Å²) in [5, 5.41) is 3.31. The highest BCUT2D eigenvalue weighted by Gasteiger charge is 2.02. The lowest BCUT2D eigenvalue weighted by Gasteiger charge is -2.06. The number of halogens is 1. The van der Waals surface area contributed by atoms with Gasteiger partial charge in [-0.15, -0.1) is 0 Å². The predicted octanol–water partition coefficient (Wildman–Crippen LogP) is 3.50. The normalized spacial score (nSPS) is 10.8. The standard InChI is InChI=1S/C14H11BrN2O2/c15-10-3-1-2-9(6-10)8-16-11-4-5-13-12(7-11)17-14(18)19-13/h1-7,16H,8H2,(H,17,18). The van der Waals surface area contributed by atoms with Crippen molar-refractivity contribution >= 4 is 32.7 Å². The van der Waals surface area contributed by atoms with Gasteiger partial charge in [-0.05, 0) is 35.9 Å². The minimum atomic E-state index is -0.431. The molecule has 0 unspecified atom stereocenters. The summed E-state index contributed by atoms with van der Waals surface area (Å²) in [6.45, 7) is 0.715. The van der Waals surface area contributed by atoms with Crippen LogP contribution in [0.5, 0.6) is 0 Å². The molecule has 0 aliphatic rings. The van der Waals surface area contributed by atoms with Gasteiger partial charge in [-0.25, -0.2) is 4.79 Å². The predicted molar refractivity (Wildman–Crippen MR) is 78.3 cm³/mol. The van der Waals surface area contributed by atoms with Gasteiger partial charge < -0.3 is 9.73 Å². The molecule has 96 valence electrons. The number of hydrogen-bond acceptors (Lipinski definition) is 3. The van der Waals surface area contributed by atoms with Crippen LogP contribution in [0.15, 0.2) is 56.1 Å². The molecule has 3 aromatic rings. The maximum Gasteiger partial charge on any atom is 0.417 e. The van der Waals surface area contributed by atoms with Crippen LogP contribution in [0.25, 0.3) is 11.1 Å². The summed E-state index contributed by atoms with van der Waals surface area (Å²) >= 11 is 3.44. The third-order valence-electron chi connectivity index (χ3n) is 2.80. The molecule has 3 rings (SSSR count). The van der Waals surface area contributed by atoms with Crippen LogP contribution < -0.4 is 11.1 Å². The van der Waals surface area contributed by atoms with E-state index in [4.69, 9.17) is 4.42 Å². The van der Waals surface area contributed by atoms with Gasteiger partial charge >= 0.3 is 5.76 Å². The molecule has 19 heavy (non-hydrogen) atoms. The van der Waals surface area contributed by atoms with E-state index in [0.717, 1.165) is 10.2 Å². The Morgan fingerprint density at radius 1 is 1.21 bits per heavy atom. The smallest absolute Gasteiger partial charge is 0.408 e. The van der Waals surface area contributed by atoms with E-state index in [9.17, 15) is 4.79 Å². The summed E-state index contributed by atoms with van der Waals surface area (Å²) in [7, 11) is 0. The lowest BCUT2D eigenvalue weighted by Crippen LogP contribution is -1.99. The van der Waals surface area contributed by atoms with Gasteiger partial charge in [-0.3, -0.25) is 4.98 Å². The van der Waals surface area contributed by atoms with Crippen molar-refractivity contribution in [2.45, 2.75) is 6.54 Å². The maximum absolute atomic E-state index is 11.1. The second kappa shape index (κ2) is 4.93. The largest absolute Gasteiger partial charge is 0.417 e. The molecule has 0 atom stereocenters. The molecule has 1 heterocycles. The second-order valence-electron chi connectivity index (χ2n) is 4.21. The molecule has 4 nitrogen and oxygen atoms in total. The topological polar surface area (TPSA) is 58.0 Å². The molecule has 0 aliphatic heterocycles. The number of H-pyrrole nitrogens is 1. The Hall–Kier alpha value is -2.01. The summed E-state index contributed by atoms with van der Waals surface area (Å²) in [6.07, 6.45) is 0. The van der Waals surface area contributed by atoms with Crippen molar-refractivity contribution in [1.29, 1.82) is 0 Å². The zero-order chi connectivity index (χ0) is 13.2. The number of benzene rings is 2. The molecular formula is C14H11BrN2O2. The molecule has 2 aromatic carbocycles. The molecule has 0 saturated carbocycles. The third kappa shape index (κ3) is 2.71. The Kier molecular flexibility index (Phi) is 3.13. The third-order valence-corrected chi connectivity index (χ3v) is 3.30. The van der Waals surface area contributed by atoms with Crippen LogP contribution in [-0.4, -0.2) is 4.98 Å². The minimum Gasteiger partial charge on any atom is -0.408 e. The number of nitrogens with one attached hydrogen (secondary N) is 2. The van der Waals surface area contributed by atoms with Crippen molar-refractivity contribution in [3.8, 4) is 0 Å². The molecule has 0 amide bonds. The number of aromatic nitrogens is 1. The van der Waals surface area contributed by atoms with Crippen LogP contribution in [0.1, 0.15) is 5.56 Å². The Labute approximate surface area is 117 Å². The molecule has 2 N–H and O–H groups in total.